The van der Waals surface area contributed by atoms with Gasteiger partial charge < -0.3 is 9.30 Å². The van der Waals surface area contributed by atoms with Crippen molar-refractivity contribution in [2.24, 2.45) is 0 Å². The Morgan fingerprint density at radius 3 is 3.10 bits per heavy atom. The molecule has 3 heterocycles. The minimum absolute atomic E-state index is 0.378. The number of ether oxygens (including phenoxy) is 1. The Kier molecular flexibility index (Phi) is 3.11. The van der Waals surface area contributed by atoms with Crippen LogP contribution >= 0.6 is 0 Å². The third-order valence-corrected chi connectivity index (χ3v) is 4.26. The summed E-state index contributed by atoms with van der Waals surface area (Å²) in [5.41, 5.74) is 3.26. The highest BCUT2D eigenvalue weighted by atomic mass is 16.5. The number of hydrogen-bond acceptors (Lipinski definition) is 3. The molecule has 4 heteroatoms. The summed E-state index contributed by atoms with van der Waals surface area (Å²) in [6.45, 7) is 3.77. The molecule has 4 rings (SSSR count). The van der Waals surface area contributed by atoms with E-state index in [1.807, 2.05) is 12.3 Å². The second kappa shape index (κ2) is 5.11. The molecule has 0 N–H and O–H groups in total. The highest BCUT2D eigenvalue weighted by molar-refractivity contribution is 6.02. The molecule has 0 unspecified atom stereocenters. The Labute approximate surface area is 123 Å². The van der Waals surface area contributed by atoms with Crippen LogP contribution < -0.4 is 0 Å². The number of imidazole rings is 1. The molecule has 0 aliphatic carbocycles. The summed E-state index contributed by atoms with van der Waals surface area (Å²) in [7, 11) is 0. The Morgan fingerprint density at radius 1 is 1.29 bits per heavy atom. The van der Waals surface area contributed by atoms with Gasteiger partial charge >= 0.3 is 0 Å². The lowest BCUT2D eigenvalue weighted by atomic mass is 10.1. The third-order valence-electron chi connectivity index (χ3n) is 4.26. The number of pyridine rings is 1. The lowest BCUT2D eigenvalue weighted by Crippen LogP contribution is -2.14. The maximum Gasteiger partial charge on any atom is 0.112 e. The van der Waals surface area contributed by atoms with Crippen molar-refractivity contribution in [2.45, 2.75) is 32.2 Å². The van der Waals surface area contributed by atoms with E-state index in [1.165, 1.54) is 10.9 Å². The molecule has 2 aromatic heterocycles. The standard InChI is InChI=1S/C17H19N3O/c1-2-5-12-11-21-9-8-16-19-15-10-18-14-7-4-3-6-13(14)17(15)20(12)16/h3-4,6-7,10,12H,2,5,8-9,11H2,1H3/t12-/m0/s1. The molecule has 0 amide bonds. The topological polar surface area (TPSA) is 39.9 Å². The Hall–Kier alpha value is -1.94. The van der Waals surface area contributed by atoms with Gasteiger partial charge in [-0.2, -0.15) is 0 Å². The minimum Gasteiger partial charge on any atom is -0.379 e. The van der Waals surface area contributed by atoms with Crippen LogP contribution in [0.2, 0.25) is 0 Å². The summed E-state index contributed by atoms with van der Waals surface area (Å²) in [6.07, 6.45) is 5.05. The van der Waals surface area contributed by atoms with Gasteiger partial charge in [0.2, 0.25) is 0 Å². The van der Waals surface area contributed by atoms with Gasteiger partial charge in [0.1, 0.15) is 11.3 Å². The van der Waals surface area contributed by atoms with Crippen LogP contribution in [0.25, 0.3) is 21.9 Å². The van der Waals surface area contributed by atoms with E-state index in [-0.39, 0.29) is 0 Å². The molecule has 0 radical (unpaired) electrons. The first-order valence-electron chi connectivity index (χ1n) is 7.70. The predicted molar refractivity (Wildman–Crippen MR) is 83.5 cm³/mol. The van der Waals surface area contributed by atoms with E-state index in [9.17, 15) is 0 Å². The Morgan fingerprint density at radius 2 is 2.19 bits per heavy atom. The average molecular weight is 281 g/mol. The van der Waals surface area contributed by atoms with Crippen molar-refractivity contribution in [3.8, 4) is 0 Å². The fraction of sp³-hybridized carbons (Fsp3) is 0.412. The number of hydrogen-bond donors (Lipinski definition) is 0. The first kappa shape index (κ1) is 12.8. The molecule has 1 aromatic carbocycles. The van der Waals surface area contributed by atoms with E-state index in [4.69, 9.17) is 9.72 Å². The number of aromatic nitrogens is 3. The zero-order valence-corrected chi connectivity index (χ0v) is 12.2. The second-order valence-electron chi connectivity index (χ2n) is 5.67. The molecule has 3 aromatic rings. The molecule has 0 bridgehead atoms. The average Bonchev–Trinajstić information content (AvgIpc) is 2.78. The zero-order valence-electron chi connectivity index (χ0n) is 12.2. The maximum absolute atomic E-state index is 5.78. The second-order valence-corrected chi connectivity index (χ2v) is 5.67. The molecule has 21 heavy (non-hydrogen) atoms. The van der Waals surface area contributed by atoms with E-state index in [1.54, 1.807) is 0 Å². The van der Waals surface area contributed by atoms with Crippen LogP contribution in [0, 0.1) is 0 Å². The van der Waals surface area contributed by atoms with Crippen molar-refractivity contribution in [1.29, 1.82) is 0 Å². The Balaban J connectivity index is 2.05. The van der Waals surface area contributed by atoms with E-state index < -0.39 is 0 Å². The van der Waals surface area contributed by atoms with E-state index >= 15 is 0 Å². The molecule has 1 atom stereocenters. The molecule has 4 nitrogen and oxygen atoms in total. The summed E-state index contributed by atoms with van der Waals surface area (Å²) < 4.78 is 8.20. The molecule has 1 aliphatic rings. The van der Waals surface area contributed by atoms with E-state index in [2.05, 4.69) is 34.7 Å². The summed E-state index contributed by atoms with van der Waals surface area (Å²) in [4.78, 5) is 9.36. The predicted octanol–water partition coefficient (Wildman–Crippen LogP) is 3.50. The summed E-state index contributed by atoms with van der Waals surface area (Å²) in [5, 5.41) is 1.19. The van der Waals surface area contributed by atoms with Gasteiger partial charge in [-0.15, -0.1) is 0 Å². The molecule has 0 fully saturated rings. The van der Waals surface area contributed by atoms with E-state index in [0.717, 1.165) is 49.3 Å². The van der Waals surface area contributed by atoms with Gasteiger partial charge in [0, 0.05) is 11.8 Å². The monoisotopic (exact) mass is 281 g/mol. The van der Waals surface area contributed by atoms with Crippen molar-refractivity contribution >= 4 is 21.9 Å². The van der Waals surface area contributed by atoms with Gasteiger partial charge in [0.15, 0.2) is 0 Å². The summed E-state index contributed by atoms with van der Waals surface area (Å²) >= 11 is 0. The molecule has 108 valence electrons. The van der Waals surface area contributed by atoms with Gasteiger partial charge in [-0.25, -0.2) is 4.98 Å². The molecular weight excluding hydrogens is 262 g/mol. The largest absolute Gasteiger partial charge is 0.379 e. The molecule has 0 spiro atoms. The first-order chi connectivity index (χ1) is 10.4. The van der Waals surface area contributed by atoms with Gasteiger partial charge in [-0.05, 0) is 12.5 Å². The van der Waals surface area contributed by atoms with Crippen LogP contribution in [0.1, 0.15) is 31.6 Å². The lowest BCUT2D eigenvalue weighted by Gasteiger charge is -2.18. The molecule has 0 saturated heterocycles. The highest BCUT2D eigenvalue weighted by Crippen LogP contribution is 2.31. The fourth-order valence-corrected chi connectivity index (χ4v) is 3.35. The smallest absolute Gasteiger partial charge is 0.112 e. The van der Waals surface area contributed by atoms with Crippen molar-refractivity contribution in [1.82, 2.24) is 14.5 Å². The van der Waals surface area contributed by atoms with Crippen molar-refractivity contribution in [3.05, 3.63) is 36.3 Å². The van der Waals surface area contributed by atoms with Crippen molar-refractivity contribution < 1.29 is 4.74 Å². The highest BCUT2D eigenvalue weighted by Gasteiger charge is 2.23. The van der Waals surface area contributed by atoms with Gasteiger partial charge in [0.25, 0.3) is 0 Å². The molecule has 0 saturated carbocycles. The fourth-order valence-electron chi connectivity index (χ4n) is 3.35. The third kappa shape index (κ3) is 2.02. The summed E-state index contributed by atoms with van der Waals surface area (Å²) in [6, 6.07) is 8.70. The van der Waals surface area contributed by atoms with Gasteiger partial charge in [-0.3, -0.25) is 4.98 Å². The Bertz CT molecular complexity index is 793. The van der Waals surface area contributed by atoms with Crippen LogP contribution in [0.5, 0.6) is 0 Å². The van der Waals surface area contributed by atoms with Crippen molar-refractivity contribution in [3.63, 3.8) is 0 Å². The minimum atomic E-state index is 0.378. The number of nitrogens with zero attached hydrogens (tertiary/aromatic N) is 3. The normalized spacial score (nSPS) is 18.8. The number of para-hydroxylation sites is 1. The SMILES string of the molecule is CCC[C@H]1COCCc2nc3cnc4ccccc4c3n21. The van der Waals surface area contributed by atoms with Crippen LogP contribution in [0.15, 0.2) is 30.5 Å². The van der Waals surface area contributed by atoms with Crippen LogP contribution in [0.4, 0.5) is 0 Å². The lowest BCUT2D eigenvalue weighted by molar-refractivity contribution is 0.116. The van der Waals surface area contributed by atoms with Gasteiger partial charge in [-0.1, -0.05) is 31.5 Å². The summed E-state index contributed by atoms with van der Waals surface area (Å²) in [5.74, 6) is 1.14. The van der Waals surface area contributed by atoms with Crippen LogP contribution in [-0.4, -0.2) is 27.7 Å². The number of rotatable bonds is 2. The molecule has 1 aliphatic heterocycles. The quantitative estimate of drug-likeness (QED) is 0.721. The van der Waals surface area contributed by atoms with Crippen LogP contribution in [0.3, 0.4) is 0 Å². The first-order valence-corrected chi connectivity index (χ1v) is 7.70. The zero-order chi connectivity index (χ0) is 14.2. The van der Waals surface area contributed by atoms with Crippen LogP contribution in [-0.2, 0) is 11.2 Å². The van der Waals surface area contributed by atoms with E-state index in [0.29, 0.717) is 6.04 Å². The van der Waals surface area contributed by atoms with Crippen molar-refractivity contribution in [2.75, 3.05) is 13.2 Å². The maximum atomic E-state index is 5.78. The number of fused-ring (bicyclic) bond motifs is 5. The van der Waals surface area contributed by atoms with Gasteiger partial charge in [0.05, 0.1) is 36.5 Å². The molecular formula is C17H19N3O. The number of benzene rings is 1.